The molecule has 0 bridgehead atoms. The lowest BCUT2D eigenvalue weighted by Crippen LogP contribution is -2.42. The van der Waals surface area contributed by atoms with Crippen LogP contribution in [-0.2, 0) is 9.53 Å². The van der Waals surface area contributed by atoms with E-state index in [0.717, 1.165) is 12.8 Å². The van der Waals surface area contributed by atoms with Gasteiger partial charge in [0.05, 0.1) is 35.7 Å². The molecule has 1 aliphatic carbocycles. The molecule has 2 aromatic rings. The summed E-state index contributed by atoms with van der Waals surface area (Å²) >= 11 is 6.64. The zero-order valence-electron chi connectivity index (χ0n) is 14.6. The first-order valence-electron chi connectivity index (χ1n) is 8.75. The molecule has 4 rings (SSSR count). The van der Waals surface area contributed by atoms with Crippen LogP contribution in [0.4, 0.5) is 0 Å². The summed E-state index contributed by atoms with van der Waals surface area (Å²) in [4.78, 5) is 17.1. The highest BCUT2D eigenvalue weighted by Gasteiger charge is 2.31. The lowest BCUT2D eigenvalue weighted by Gasteiger charge is -2.34. The molecular weight excluding hydrogens is 368 g/mol. The van der Waals surface area contributed by atoms with Crippen LogP contribution in [0.25, 0.3) is 16.6 Å². The summed E-state index contributed by atoms with van der Waals surface area (Å²) in [7, 11) is 0. The van der Waals surface area contributed by atoms with Crippen LogP contribution < -0.4 is 0 Å². The van der Waals surface area contributed by atoms with Gasteiger partial charge < -0.3 is 19.7 Å². The Morgan fingerprint density at radius 1 is 1.41 bits per heavy atom. The number of hydrogen-bond donors (Lipinski definition) is 2. The molecule has 0 spiro atoms. The monoisotopic (exact) mass is 386 g/mol. The Morgan fingerprint density at radius 2 is 2.22 bits per heavy atom. The van der Waals surface area contributed by atoms with Gasteiger partial charge in [0.2, 0.25) is 5.91 Å². The van der Waals surface area contributed by atoms with Crippen molar-refractivity contribution in [2.75, 3.05) is 19.8 Å². The third-order valence-corrected chi connectivity index (χ3v) is 5.25. The first kappa shape index (κ1) is 17.8. The minimum Gasteiger partial charge on any atom is -0.508 e. The van der Waals surface area contributed by atoms with Crippen LogP contribution in [0.5, 0.6) is 0 Å². The molecule has 7 nitrogen and oxygen atoms in total. The quantitative estimate of drug-likeness (QED) is 0.789. The molecule has 1 fully saturated rings. The lowest BCUT2D eigenvalue weighted by atomic mass is 10.0. The second-order valence-electron chi connectivity index (χ2n) is 6.46. The molecule has 27 heavy (non-hydrogen) atoms. The zero-order valence-corrected chi connectivity index (χ0v) is 15.4. The number of aromatic nitrogens is 3. The number of aromatic amines is 1. The topological polar surface area (TPSA) is 91.3 Å². The van der Waals surface area contributed by atoms with Gasteiger partial charge in [0.15, 0.2) is 5.65 Å². The molecule has 1 saturated heterocycles. The predicted octanol–water partition coefficient (Wildman–Crippen LogP) is 3.32. The van der Waals surface area contributed by atoms with Gasteiger partial charge in [-0.1, -0.05) is 24.3 Å². The minimum absolute atomic E-state index is 0.174. The summed E-state index contributed by atoms with van der Waals surface area (Å²) in [6.45, 7) is 4.83. The van der Waals surface area contributed by atoms with Crippen molar-refractivity contribution in [2.24, 2.45) is 0 Å². The van der Waals surface area contributed by atoms with E-state index < -0.39 is 0 Å². The first-order valence-corrected chi connectivity index (χ1v) is 9.13. The van der Waals surface area contributed by atoms with Crippen LogP contribution >= 0.6 is 11.6 Å². The zero-order chi connectivity index (χ0) is 19.0. The van der Waals surface area contributed by atoms with E-state index in [9.17, 15) is 9.90 Å². The number of fused-ring (bicyclic) bond motifs is 1. The number of carbonyl (C=O) groups excluding carboxylic acids is 1. The molecule has 0 saturated carbocycles. The van der Waals surface area contributed by atoms with Crippen LogP contribution in [0.15, 0.2) is 36.6 Å². The van der Waals surface area contributed by atoms with Gasteiger partial charge in [0.25, 0.3) is 0 Å². The summed E-state index contributed by atoms with van der Waals surface area (Å²) in [5, 5.41) is 19.7. The Hall–Kier alpha value is -2.64. The maximum absolute atomic E-state index is 12.2. The van der Waals surface area contributed by atoms with Crippen molar-refractivity contribution < 1.29 is 14.6 Å². The number of ether oxygens (including phenoxy) is 1. The summed E-state index contributed by atoms with van der Waals surface area (Å²) in [6, 6.07) is 1.45. The highest BCUT2D eigenvalue weighted by Crippen LogP contribution is 2.36. The van der Waals surface area contributed by atoms with Crippen molar-refractivity contribution >= 4 is 34.1 Å². The fraction of sp³-hybridized carbons (Fsp3) is 0.316. The molecule has 140 valence electrons. The Morgan fingerprint density at radius 3 is 3.00 bits per heavy atom. The highest BCUT2D eigenvalue weighted by molar-refractivity contribution is 6.36. The molecule has 2 N–H and O–H groups in total. The third-order valence-electron chi connectivity index (χ3n) is 4.84. The van der Waals surface area contributed by atoms with Crippen LogP contribution in [0.2, 0.25) is 5.02 Å². The number of hydrogen-bond acceptors (Lipinski definition) is 5. The maximum Gasteiger partial charge on any atom is 0.246 e. The normalized spacial score (nSPS) is 20.3. The molecule has 0 aromatic carbocycles. The Kier molecular flexibility index (Phi) is 4.72. The van der Waals surface area contributed by atoms with Crippen molar-refractivity contribution in [3.63, 3.8) is 0 Å². The Labute approximate surface area is 161 Å². The summed E-state index contributed by atoms with van der Waals surface area (Å²) in [5.74, 6) is 0.0254. The van der Waals surface area contributed by atoms with E-state index in [1.807, 2.05) is 6.08 Å². The van der Waals surface area contributed by atoms with Gasteiger partial charge in [-0.25, -0.2) is 0 Å². The maximum atomic E-state index is 12.2. The van der Waals surface area contributed by atoms with E-state index in [4.69, 9.17) is 16.3 Å². The number of amides is 1. The molecule has 0 radical (unpaired) electrons. The van der Waals surface area contributed by atoms with Gasteiger partial charge in [-0.3, -0.25) is 4.79 Å². The van der Waals surface area contributed by atoms with Crippen molar-refractivity contribution in [2.45, 2.75) is 18.9 Å². The number of H-pyrrole nitrogens is 1. The van der Waals surface area contributed by atoms with E-state index in [1.165, 1.54) is 6.08 Å². The van der Waals surface area contributed by atoms with Gasteiger partial charge in [-0.15, -0.1) is 10.2 Å². The predicted molar refractivity (Wildman–Crippen MR) is 102 cm³/mol. The van der Waals surface area contributed by atoms with Crippen LogP contribution in [-0.4, -0.2) is 50.9 Å². The fourth-order valence-corrected chi connectivity index (χ4v) is 3.78. The second kappa shape index (κ2) is 7.17. The number of carbonyl (C=O) groups is 1. The lowest BCUT2D eigenvalue weighted by molar-refractivity contribution is -0.134. The molecular formula is C19H19ClN4O3. The van der Waals surface area contributed by atoms with Gasteiger partial charge >= 0.3 is 0 Å². The molecule has 1 unspecified atom stereocenters. The molecule has 1 amide bonds. The minimum atomic E-state index is -0.350. The number of nitrogens with zero attached hydrogens (tertiary/aromatic N) is 3. The average molecular weight is 387 g/mol. The Bertz CT molecular complexity index is 979. The standard InChI is InChI=1S/C19H19ClN4O3/c1-2-16(26)24-7-8-27-10-14(24)18-17(20)12-9-13(22-23-19(12)21-18)11-5-3-4-6-15(11)25/h2,5-6,9,14,25H,1,3-4,7-8,10H2,(H,21,23). The smallest absolute Gasteiger partial charge is 0.246 e. The van der Waals surface area contributed by atoms with Crippen LogP contribution in [0.1, 0.15) is 30.3 Å². The van der Waals surface area contributed by atoms with E-state index in [1.54, 1.807) is 17.0 Å². The molecule has 1 aliphatic heterocycles. The van der Waals surface area contributed by atoms with Gasteiger partial charge in [-0.05, 0) is 31.1 Å². The highest BCUT2D eigenvalue weighted by atomic mass is 35.5. The van der Waals surface area contributed by atoms with Crippen molar-refractivity contribution in [3.05, 3.63) is 53.0 Å². The molecule has 2 aliphatic rings. The molecule has 3 heterocycles. The van der Waals surface area contributed by atoms with E-state index in [0.29, 0.717) is 52.8 Å². The molecule has 8 heteroatoms. The number of allylic oxidation sites excluding steroid dienone is 3. The SMILES string of the molecule is C=CC(=O)N1CCOCC1c1[nH]c2nnc(C3=CCCC=C3O)cc2c1Cl. The average Bonchev–Trinajstić information content (AvgIpc) is 3.03. The van der Waals surface area contributed by atoms with Gasteiger partial charge in [0, 0.05) is 17.5 Å². The Balaban J connectivity index is 1.76. The third kappa shape index (κ3) is 3.13. The fourth-order valence-electron chi connectivity index (χ4n) is 3.46. The molecule has 2 aromatic heterocycles. The van der Waals surface area contributed by atoms with Crippen molar-refractivity contribution in [1.82, 2.24) is 20.1 Å². The number of morpholine rings is 1. The number of halogens is 1. The largest absolute Gasteiger partial charge is 0.508 e. The number of aliphatic hydroxyl groups excluding tert-OH is 1. The second-order valence-corrected chi connectivity index (χ2v) is 6.83. The number of rotatable bonds is 3. The summed E-state index contributed by atoms with van der Waals surface area (Å²) < 4.78 is 5.55. The van der Waals surface area contributed by atoms with Gasteiger partial charge in [-0.2, -0.15) is 0 Å². The summed E-state index contributed by atoms with van der Waals surface area (Å²) in [5.41, 5.74) is 2.39. The summed E-state index contributed by atoms with van der Waals surface area (Å²) in [6.07, 6.45) is 6.63. The van der Waals surface area contributed by atoms with E-state index >= 15 is 0 Å². The van der Waals surface area contributed by atoms with Gasteiger partial charge in [0.1, 0.15) is 5.76 Å². The van der Waals surface area contributed by atoms with Crippen LogP contribution in [0.3, 0.4) is 0 Å². The van der Waals surface area contributed by atoms with Crippen molar-refractivity contribution in [3.8, 4) is 0 Å². The van der Waals surface area contributed by atoms with E-state index in [2.05, 4.69) is 21.8 Å². The first-order chi connectivity index (χ1) is 13.1. The van der Waals surface area contributed by atoms with Crippen molar-refractivity contribution in [1.29, 1.82) is 0 Å². The van der Waals surface area contributed by atoms with Crippen LogP contribution in [0, 0.1) is 0 Å². The number of aliphatic hydroxyl groups is 1. The molecule has 1 atom stereocenters. The van der Waals surface area contributed by atoms with E-state index in [-0.39, 0.29) is 17.7 Å². The number of nitrogens with one attached hydrogen (secondary N) is 1.